The number of nitrogens with zero attached hydrogens (tertiary/aromatic N) is 4. The Morgan fingerprint density at radius 2 is 1.82 bits per heavy atom. The van der Waals surface area contributed by atoms with Gasteiger partial charge in [0.1, 0.15) is 12.3 Å². The number of fused-ring (bicyclic) bond motifs is 1. The van der Waals surface area contributed by atoms with E-state index in [9.17, 15) is 4.79 Å². The van der Waals surface area contributed by atoms with Crippen molar-refractivity contribution in [1.82, 2.24) is 19.2 Å². The Hall–Kier alpha value is -4.59. The highest BCUT2D eigenvalue weighted by atomic mass is 16.5. The van der Waals surface area contributed by atoms with Crippen LogP contribution in [0.25, 0.3) is 5.65 Å². The maximum absolute atomic E-state index is 12.8. The van der Waals surface area contributed by atoms with Crippen LogP contribution in [0.15, 0.2) is 91.4 Å². The molecule has 1 N–H and O–H groups in total. The van der Waals surface area contributed by atoms with Crippen molar-refractivity contribution in [3.05, 3.63) is 108 Å². The molecule has 3 heterocycles. The molecule has 0 saturated heterocycles. The maximum Gasteiger partial charge on any atom is 0.257 e. The summed E-state index contributed by atoms with van der Waals surface area (Å²) >= 11 is 0. The van der Waals surface area contributed by atoms with Crippen LogP contribution in [0.1, 0.15) is 21.6 Å². The predicted octanol–water partition coefficient (Wildman–Crippen LogP) is 4.42. The van der Waals surface area contributed by atoms with E-state index in [-0.39, 0.29) is 5.91 Å². The normalized spacial score (nSPS) is 10.9. The highest BCUT2D eigenvalue weighted by Crippen LogP contribution is 2.29. The van der Waals surface area contributed by atoms with Crippen LogP contribution in [0.3, 0.4) is 0 Å². The molecule has 8 heteroatoms. The number of nitrogens with one attached hydrogen (secondary N) is 1. The number of benzene rings is 2. The van der Waals surface area contributed by atoms with Crippen LogP contribution in [0, 0.1) is 0 Å². The summed E-state index contributed by atoms with van der Waals surface area (Å²) in [5, 5.41) is 7.27. The van der Waals surface area contributed by atoms with Gasteiger partial charge in [-0.3, -0.25) is 9.48 Å². The van der Waals surface area contributed by atoms with Gasteiger partial charge in [-0.05, 0) is 35.9 Å². The van der Waals surface area contributed by atoms with Crippen LogP contribution in [0.5, 0.6) is 11.5 Å². The van der Waals surface area contributed by atoms with Crippen molar-refractivity contribution >= 4 is 17.4 Å². The van der Waals surface area contributed by atoms with Gasteiger partial charge >= 0.3 is 0 Å². The maximum atomic E-state index is 12.8. The molecule has 1 amide bonds. The summed E-state index contributed by atoms with van der Waals surface area (Å²) in [6, 6.07) is 22.6. The number of rotatable bonds is 8. The number of anilines is 1. The average molecular weight is 454 g/mol. The molecule has 0 spiro atoms. The largest absolute Gasteiger partial charge is 0.493 e. The minimum Gasteiger partial charge on any atom is -0.493 e. The third kappa shape index (κ3) is 4.75. The molecule has 8 nitrogen and oxygen atoms in total. The van der Waals surface area contributed by atoms with Gasteiger partial charge in [-0.1, -0.05) is 36.4 Å². The monoisotopic (exact) mass is 453 g/mol. The second kappa shape index (κ2) is 9.50. The van der Waals surface area contributed by atoms with E-state index < -0.39 is 0 Å². The molecule has 0 unspecified atom stereocenters. The number of hydrogen-bond acceptors (Lipinski definition) is 5. The van der Waals surface area contributed by atoms with Crippen LogP contribution in [0.4, 0.5) is 5.82 Å². The van der Waals surface area contributed by atoms with Gasteiger partial charge in [0, 0.05) is 30.2 Å². The number of carbonyl (C=O) groups excluding carboxylic acids is 1. The van der Waals surface area contributed by atoms with Gasteiger partial charge < -0.3 is 19.2 Å². The second-order valence-corrected chi connectivity index (χ2v) is 7.69. The van der Waals surface area contributed by atoms with E-state index in [1.54, 1.807) is 42.3 Å². The van der Waals surface area contributed by atoms with Crippen LogP contribution in [0.2, 0.25) is 0 Å². The van der Waals surface area contributed by atoms with Gasteiger partial charge in [0.05, 0.1) is 19.3 Å². The topological polar surface area (TPSA) is 82.7 Å². The molecule has 34 heavy (non-hydrogen) atoms. The third-order valence-electron chi connectivity index (χ3n) is 5.28. The number of ether oxygens (including phenoxy) is 2. The lowest BCUT2D eigenvalue weighted by atomic mass is 10.2. The smallest absolute Gasteiger partial charge is 0.257 e. The zero-order valence-corrected chi connectivity index (χ0v) is 18.6. The third-order valence-corrected chi connectivity index (χ3v) is 5.28. The number of hydrogen-bond donors (Lipinski definition) is 1. The van der Waals surface area contributed by atoms with Crippen molar-refractivity contribution in [2.24, 2.45) is 0 Å². The van der Waals surface area contributed by atoms with Crippen LogP contribution >= 0.6 is 0 Å². The molecule has 0 aliphatic heterocycles. The molecule has 0 bridgehead atoms. The molecule has 0 aliphatic rings. The number of imidazole rings is 1. The van der Waals surface area contributed by atoms with Crippen molar-refractivity contribution < 1.29 is 14.3 Å². The Morgan fingerprint density at radius 1 is 0.971 bits per heavy atom. The minimum absolute atomic E-state index is 0.286. The summed E-state index contributed by atoms with van der Waals surface area (Å²) in [5.74, 6) is 1.23. The van der Waals surface area contributed by atoms with Gasteiger partial charge in [0.25, 0.3) is 5.91 Å². The summed E-state index contributed by atoms with van der Waals surface area (Å²) in [6.07, 6.45) is 5.72. The van der Waals surface area contributed by atoms with Gasteiger partial charge in [0.15, 0.2) is 17.3 Å². The Labute approximate surface area is 196 Å². The SMILES string of the molecule is COc1cc(C(=O)Nc2ccn(Cc3cn4ccccc4n3)n2)ccc1OCc1ccccc1. The molecule has 5 rings (SSSR count). The molecule has 0 saturated carbocycles. The number of carbonyl (C=O) groups is 1. The summed E-state index contributed by atoms with van der Waals surface area (Å²) in [5.41, 5.74) is 3.25. The summed E-state index contributed by atoms with van der Waals surface area (Å²) < 4.78 is 15.0. The molecular weight excluding hydrogens is 430 g/mol. The predicted molar refractivity (Wildman–Crippen MR) is 128 cm³/mol. The molecule has 170 valence electrons. The Balaban J connectivity index is 1.23. The van der Waals surface area contributed by atoms with E-state index >= 15 is 0 Å². The molecule has 0 aliphatic carbocycles. The van der Waals surface area contributed by atoms with Crippen molar-refractivity contribution in [3.63, 3.8) is 0 Å². The minimum atomic E-state index is -0.286. The standard InChI is InChI=1S/C26H23N5O3/c1-33-23-15-20(10-11-22(23)34-18-19-7-3-2-4-8-19)26(32)28-24-12-14-31(29-24)17-21-16-30-13-6-5-9-25(30)27-21/h2-16H,17-18H2,1H3,(H,28,29,32). The van der Waals surface area contributed by atoms with Crippen LogP contribution < -0.4 is 14.8 Å². The van der Waals surface area contributed by atoms with Crippen LogP contribution in [-0.2, 0) is 13.2 Å². The van der Waals surface area contributed by atoms with E-state index in [1.165, 1.54) is 0 Å². The first-order valence-corrected chi connectivity index (χ1v) is 10.8. The van der Waals surface area contributed by atoms with Crippen LogP contribution in [-0.4, -0.2) is 32.2 Å². The van der Waals surface area contributed by atoms with Crippen molar-refractivity contribution in [3.8, 4) is 11.5 Å². The molecule has 0 fully saturated rings. The fourth-order valence-corrected chi connectivity index (χ4v) is 3.60. The number of methoxy groups -OCH3 is 1. The molecule has 3 aromatic heterocycles. The summed E-state index contributed by atoms with van der Waals surface area (Å²) in [6.45, 7) is 0.908. The second-order valence-electron chi connectivity index (χ2n) is 7.69. The first kappa shape index (κ1) is 21.3. The number of aromatic nitrogens is 4. The van der Waals surface area contributed by atoms with E-state index in [2.05, 4.69) is 15.4 Å². The first-order valence-electron chi connectivity index (χ1n) is 10.8. The van der Waals surface area contributed by atoms with Gasteiger partial charge in [0.2, 0.25) is 0 Å². The Bertz CT molecular complexity index is 1390. The van der Waals surface area contributed by atoms with E-state index in [0.29, 0.717) is 36.0 Å². The molecular formula is C26H23N5O3. The zero-order valence-electron chi connectivity index (χ0n) is 18.6. The highest BCUT2D eigenvalue weighted by molar-refractivity contribution is 6.04. The van der Waals surface area contributed by atoms with Gasteiger partial charge in [-0.25, -0.2) is 4.98 Å². The molecule has 0 atom stereocenters. The lowest BCUT2D eigenvalue weighted by Crippen LogP contribution is -2.13. The average Bonchev–Trinajstić information content (AvgIpc) is 3.49. The molecule has 5 aromatic rings. The Morgan fingerprint density at radius 3 is 2.65 bits per heavy atom. The van der Waals surface area contributed by atoms with E-state index in [0.717, 1.165) is 16.9 Å². The van der Waals surface area contributed by atoms with Gasteiger partial charge in [-0.2, -0.15) is 5.10 Å². The fourth-order valence-electron chi connectivity index (χ4n) is 3.60. The Kier molecular flexibility index (Phi) is 5.94. The molecule has 0 radical (unpaired) electrons. The molecule has 2 aromatic carbocycles. The highest BCUT2D eigenvalue weighted by Gasteiger charge is 2.13. The lowest BCUT2D eigenvalue weighted by Gasteiger charge is -2.12. The zero-order chi connectivity index (χ0) is 23.3. The van der Waals surface area contributed by atoms with Gasteiger partial charge in [-0.15, -0.1) is 0 Å². The summed E-state index contributed by atoms with van der Waals surface area (Å²) in [4.78, 5) is 17.4. The number of amides is 1. The van der Waals surface area contributed by atoms with Crippen molar-refractivity contribution in [2.75, 3.05) is 12.4 Å². The van der Waals surface area contributed by atoms with E-state index in [4.69, 9.17) is 9.47 Å². The fraction of sp³-hybridized carbons (Fsp3) is 0.115. The van der Waals surface area contributed by atoms with Crippen molar-refractivity contribution in [2.45, 2.75) is 13.2 Å². The first-order chi connectivity index (χ1) is 16.7. The number of pyridine rings is 1. The quantitative estimate of drug-likeness (QED) is 0.376. The summed E-state index contributed by atoms with van der Waals surface area (Å²) in [7, 11) is 1.55. The van der Waals surface area contributed by atoms with E-state index in [1.807, 2.05) is 65.3 Å². The van der Waals surface area contributed by atoms with Crippen molar-refractivity contribution in [1.29, 1.82) is 0 Å². The lowest BCUT2D eigenvalue weighted by molar-refractivity contribution is 0.102.